The minimum Gasteiger partial charge on any atom is -0.508 e. The number of rotatable bonds is 4. The van der Waals surface area contributed by atoms with Crippen molar-refractivity contribution in [2.24, 2.45) is 0 Å². The first-order valence-electron chi connectivity index (χ1n) is 8.15. The van der Waals surface area contributed by atoms with E-state index in [9.17, 15) is 23.4 Å². The molecule has 2 aromatic carbocycles. The Morgan fingerprint density at radius 3 is 1.93 bits per heavy atom. The topological polar surface area (TPSA) is 65.0 Å². The van der Waals surface area contributed by atoms with Crippen LogP contribution < -0.4 is 10.1 Å². The smallest absolute Gasteiger partial charge is 0.508 e. The van der Waals surface area contributed by atoms with Gasteiger partial charge in [0.2, 0.25) is 0 Å². The number of nitrogens with zero attached hydrogens (tertiary/aromatic N) is 1. The van der Waals surface area contributed by atoms with Crippen LogP contribution in [0.15, 0.2) is 42.5 Å². The van der Waals surface area contributed by atoms with Crippen LogP contribution in [0.25, 0.3) is 0 Å². The first-order valence-corrected chi connectivity index (χ1v) is 8.15. The van der Waals surface area contributed by atoms with Crippen molar-refractivity contribution in [3.63, 3.8) is 0 Å². The van der Waals surface area contributed by atoms with E-state index in [1.54, 1.807) is 24.3 Å². The van der Waals surface area contributed by atoms with Gasteiger partial charge in [-0.05, 0) is 35.4 Å². The lowest BCUT2D eigenvalue weighted by atomic mass is 9.96. The van der Waals surface area contributed by atoms with Gasteiger partial charge in [0.15, 0.2) is 0 Å². The molecule has 28 heavy (non-hydrogen) atoms. The molecule has 3 rings (SSSR count). The molecule has 1 heterocycles. The van der Waals surface area contributed by atoms with Crippen LogP contribution in [0.4, 0.5) is 13.2 Å². The Balaban J connectivity index is 0.00000196. The van der Waals surface area contributed by atoms with Crippen LogP contribution in [0.1, 0.15) is 17.2 Å². The summed E-state index contributed by atoms with van der Waals surface area (Å²) in [4.78, 5) is 2.14. The van der Waals surface area contributed by atoms with Gasteiger partial charge >= 0.3 is 6.36 Å². The van der Waals surface area contributed by atoms with Crippen LogP contribution in [0, 0.1) is 0 Å². The van der Waals surface area contributed by atoms with Crippen molar-refractivity contribution in [2.45, 2.75) is 12.4 Å². The second-order valence-electron chi connectivity index (χ2n) is 6.09. The highest BCUT2D eigenvalue weighted by molar-refractivity contribution is 5.85. The minimum atomic E-state index is -4.74. The maximum Gasteiger partial charge on any atom is 0.573 e. The number of nitrogens with one attached hydrogen (secondary N) is 1. The molecule has 5 nitrogen and oxygen atoms in total. The SMILES string of the molecule is Cl.Cl.Oc1cc(O)cc([C@@H](c2ccc(OC(F)(F)F)cc2)N2CCNCC2)c1. The van der Waals surface area contributed by atoms with E-state index in [-0.39, 0.29) is 48.1 Å². The number of halogens is 5. The van der Waals surface area contributed by atoms with Crippen molar-refractivity contribution in [3.05, 3.63) is 53.6 Å². The van der Waals surface area contributed by atoms with Gasteiger partial charge in [0.1, 0.15) is 17.2 Å². The average Bonchev–Trinajstić information content (AvgIpc) is 2.55. The molecule has 1 aliphatic rings. The van der Waals surface area contributed by atoms with E-state index >= 15 is 0 Å². The van der Waals surface area contributed by atoms with E-state index in [0.717, 1.165) is 31.7 Å². The average molecular weight is 441 g/mol. The second-order valence-corrected chi connectivity index (χ2v) is 6.09. The van der Waals surface area contributed by atoms with Gasteiger partial charge in [-0.2, -0.15) is 0 Å². The quantitative estimate of drug-likeness (QED) is 0.673. The van der Waals surface area contributed by atoms with Gasteiger partial charge in [-0.15, -0.1) is 38.0 Å². The molecule has 1 fully saturated rings. The number of ether oxygens (including phenoxy) is 1. The maximum atomic E-state index is 12.4. The zero-order valence-corrected chi connectivity index (χ0v) is 16.3. The second kappa shape index (κ2) is 10.1. The van der Waals surface area contributed by atoms with Crippen molar-refractivity contribution < 1.29 is 28.1 Å². The molecule has 0 spiro atoms. The van der Waals surface area contributed by atoms with Crippen molar-refractivity contribution in [1.29, 1.82) is 0 Å². The highest BCUT2D eigenvalue weighted by atomic mass is 35.5. The highest BCUT2D eigenvalue weighted by Gasteiger charge is 2.31. The lowest BCUT2D eigenvalue weighted by molar-refractivity contribution is -0.274. The molecule has 2 aromatic rings. The third-order valence-electron chi connectivity index (χ3n) is 4.19. The normalized spacial score (nSPS) is 15.8. The zero-order valence-electron chi connectivity index (χ0n) is 14.6. The summed E-state index contributed by atoms with van der Waals surface area (Å²) >= 11 is 0. The Bertz CT molecular complexity index is 734. The fourth-order valence-corrected chi connectivity index (χ4v) is 3.18. The van der Waals surface area contributed by atoms with Gasteiger partial charge < -0.3 is 20.3 Å². The number of piperazine rings is 1. The monoisotopic (exact) mass is 440 g/mol. The first kappa shape index (κ1) is 24.2. The highest BCUT2D eigenvalue weighted by Crippen LogP contribution is 2.34. The van der Waals surface area contributed by atoms with E-state index in [1.807, 2.05) is 0 Å². The first-order chi connectivity index (χ1) is 12.3. The molecular weight excluding hydrogens is 420 g/mol. The standard InChI is InChI=1S/C18H19F3N2O3.2ClH/c19-18(20,21)26-16-3-1-12(2-4-16)17(23-7-5-22-6-8-23)13-9-14(24)11-15(25)10-13;;/h1-4,9-11,17,22,24-25H,5-8H2;2*1H/t17-;;/m1../s1. The minimum absolute atomic E-state index is 0. The fourth-order valence-electron chi connectivity index (χ4n) is 3.18. The predicted molar refractivity (Wildman–Crippen MR) is 104 cm³/mol. The van der Waals surface area contributed by atoms with Gasteiger partial charge in [0, 0.05) is 32.2 Å². The molecule has 156 valence electrons. The summed E-state index contributed by atoms with van der Waals surface area (Å²) in [6.45, 7) is 3.00. The molecule has 0 saturated carbocycles. The number of hydrogen-bond donors (Lipinski definition) is 3. The van der Waals surface area contributed by atoms with E-state index in [1.165, 1.54) is 18.2 Å². The number of aromatic hydroxyl groups is 2. The van der Waals surface area contributed by atoms with Crippen molar-refractivity contribution in [2.75, 3.05) is 26.2 Å². The zero-order chi connectivity index (χ0) is 18.7. The molecule has 0 bridgehead atoms. The summed E-state index contributed by atoms with van der Waals surface area (Å²) in [6, 6.07) is 9.68. The molecule has 0 unspecified atom stereocenters. The molecule has 1 atom stereocenters. The lowest BCUT2D eigenvalue weighted by Gasteiger charge is -2.35. The third-order valence-corrected chi connectivity index (χ3v) is 4.19. The number of phenols is 2. The van der Waals surface area contributed by atoms with Crippen LogP contribution in [0.5, 0.6) is 17.2 Å². The summed E-state index contributed by atoms with van der Waals surface area (Å²) in [7, 11) is 0. The summed E-state index contributed by atoms with van der Waals surface area (Å²) < 4.78 is 41.0. The number of hydrogen-bond acceptors (Lipinski definition) is 5. The Labute approximate surface area is 172 Å². The van der Waals surface area contributed by atoms with Crippen molar-refractivity contribution >= 4 is 24.8 Å². The van der Waals surface area contributed by atoms with Gasteiger partial charge in [0.25, 0.3) is 0 Å². The van der Waals surface area contributed by atoms with Gasteiger partial charge in [-0.25, -0.2) is 0 Å². The van der Waals surface area contributed by atoms with E-state index in [4.69, 9.17) is 0 Å². The largest absolute Gasteiger partial charge is 0.573 e. The molecule has 0 radical (unpaired) electrons. The summed E-state index contributed by atoms with van der Waals surface area (Å²) in [6.07, 6.45) is -4.74. The molecule has 3 N–H and O–H groups in total. The molecular formula is C18H21Cl2F3N2O3. The molecule has 10 heteroatoms. The number of phenolic OH excluding ortho intramolecular Hbond substituents is 2. The predicted octanol–water partition coefficient (Wildman–Crippen LogP) is 3.83. The van der Waals surface area contributed by atoms with Crippen LogP contribution in [0.2, 0.25) is 0 Å². The molecule has 0 aromatic heterocycles. The molecule has 1 saturated heterocycles. The van der Waals surface area contributed by atoms with Crippen LogP contribution in [0.3, 0.4) is 0 Å². The van der Waals surface area contributed by atoms with Crippen LogP contribution in [-0.4, -0.2) is 47.7 Å². The van der Waals surface area contributed by atoms with Crippen molar-refractivity contribution in [3.8, 4) is 17.2 Å². The summed E-state index contributed by atoms with van der Waals surface area (Å²) in [5.74, 6) is -0.437. The Morgan fingerprint density at radius 2 is 1.43 bits per heavy atom. The van der Waals surface area contributed by atoms with Gasteiger partial charge in [0.05, 0.1) is 6.04 Å². The third kappa shape index (κ3) is 6.34. The number of alkyl halides is 3. The molecule has 0 amide bonds. The van der Waals surface area contributed by atoms with Gasteiger partial charge in [-0.1, -0.05) is 12.1 Å². The maximum absolute atomic E-state index is 12.4. The van der Waals surface area contributed by atoms with Crippen LogP contribution in [-0.2, 0) is 0 Å². The van der Waals surface area contributed by atoms with E-state index in [0.29, 0.717) is 5.56 Å². The molecule has 1 aliphatic heterocycles. The number of benzene rings is 2. The summed E-state index contributed by atoms with van der Waals surface area (Å²) in [5, 5.41) is 22.9. The molecule has 0 aliphatic carbocycles. The van der Waals surface area contributed by atoms with E-state index in [2.05, 4.69) is 15.0 Å². The Kier molecular flexibility index (Phi) is 8.69. The Hall–Kier alpha value is -1.87. The van der Waals surface area contributed by atoms with Crippen molar-refractivity contribution in [1.82, 2.24) is 10.2 Å². The lowest BCUT2D eigenvalue weighted by Crippen LogP contribution is -2.45. The summed E-state index contributed by atoms with van der Waals surface area (Å²) in [5.41, 5.74) is 1.40. The van der Waals surface area contributed by atoms with E-state index < -0.39 is 6.36 Å². The fraction of sp³-hybridized carbons (Fsp3) is 0.333. The van der Waals surface area contributed by atoms with Gasteiger partial charge in [-0.3, -0.25) is 4.90 Å². The van der Waals surface area contributed by atoms with Crippen LogP contribution >= 0.6 is 24.8 Å². The Morgan fingerprint density at radius 1 is 0.893 bits per heavy atom.